The van der Waals surface area contributed by atoms with Gasteiger partial charge in [0, 0.05) is 5.69 Å². The van der Waals surface area contributed by atoms with Crippen LogP contribution in [-0.2, 0) is 15.8 Å². The lowest BCUT2D eigenvalue weighted by molar-refractivity contribution is -0.146. The minimum Gasteiger partial charge on any atom is -0.481 e. The van der Waals surface area contributed by atoms with Crippen molar-refractivity contribution in [2.75, 3.05) is 5.32 Å². The quantitative estimate of drug-likeness (QED) is 0.806. The van der Waals surface area contributed by atoms with Crippen LogP contribution in [0.5, 0.6) is 0 Å². The SMILES string of the molecule is O=C(O)[C@H]1[C@H](C(=O)Nc2ccc(Cl)c(C(F)(F)F)c2)[C@H]2C=C[C@H]1C2. The molecule has 1 saturated carbocycles. The third-order valence-electron chi connectivity index (χ3n) is 4.59. The molecule has 1 aromatic carbocycles. The van der Waals surface area contributed by atoms with Crippen molar-refractivity contribution in [1.29, 1.82) is 0 Å². The van der Waals surface area contributed by atoms with E-state index < -0.39 is 40.5 Å². The smallest absolute Gasteiger partial charge is 0.417 e. The number of hydrogen-bond acceptors (Lipinski definition) is 2. The highest BCUT2D eigenvalue weighted by Gasteiger charge is 2.51. The molecule has 128 valence electrons. The number of benzene rings is 1. The van der Waals surface area contributed by atoms with Gasteiger partial charge in [0.25, 0.3) is 0 Å². The van der Waals surface area contributed by atoms with Gasteiger partial charge in [-0.05, 0) is 36.5 Å². The summed E-state index contributed by atoms with van der Waals surface area (Å²) in [5.41, 5.74) is -1.11. The van der Waals surface area contributed by atoms with Crippen LogP contribution in [0.15, 0.2) is 30.4 Å². The molecule has 1 aromatic rings. The topological polar surface area (TPSA) is 66.4 Å². The van der Waals surface area contributed by atoms with Gasteiger partial charge in [-0.1, -0.05) is 23.8 Å². The maximum absolute atomic E-state index is 12.9. The number of carboxylic acid groups (broad SMARTS) is 1. The Bertz CT molecular complexity index is 732. The molecule has 3 rings (SSSR count). The summed E-state index contributed by atoms with van der Waals surface area (Å²) in [6.07, 6.45) is -0.477. The number of anilines is 1. The summed E-state index contributed by atoms with van der Waals surface area (Å²) in [6, 6.07) is 3.06. The molecular formula is C16H13ClF3NO3. The van der Waals surface area contributed by atoms with Gasteiger partial charge in [-0.15, -0.1) is 0 Å². The van der Waals surface area contributed by atoms with Gasteiger partial charge in [0.05, 0.1) is 22.4 Å². The first-order chi connectivity index (χ1) is 11.2. The molecule has 8 heteroatoms. The predicted octanol–water partition coefficient (Wildman–Crippen LogP) is 3.82. The number of carbonyl (C=O) groups excluding carboxylic acids is 1. The molecule has 1 fully saturated rings. The van der Waals surface area contributed by atoms with Gasteiger partial charge in [0.2, 0.25) is 5.91 Å². The number of aliphatic carboxylic acids is 1. The molecule has 2 bridgehead atoms. The van der Waals surface area contributed by atoms with Crippen LogP contribution in [-0.4, -0.2) is 17.0 Å². The number of amides is 1. The number of rotatable bonds is 3. The molecule has 0 aliphatic heterocycles. The third kappa shape index (κ3) is 2.88. The summed E-state index contributed by atoms with van der Waals surface area (Å²) in [5, 5.41) is 11.3. The second kappa shape index (κ2) is 5.81. The summed E-state index contributed by atoms with van der Waals surface area (Å²) in [6.45, 7) is 0. The Morgan fingerprint density at radius 3 is 2.38 bits per heavy atom. The molecule has 0 heterocycles. The van der Waals surface area contributed by atoms with Crippen LogP contribution in [0.25, 0.3) is 0 Å². The van der Waals surface area contributed by atoms with Crippen molar-refractivity contribution in [3.63, 3.8) is 0 Å². The van der Waals surface area contributed by atoms with Gasteiger partial charge in [0.1, 0.15) is 0 Å². The van der Waals surface area contributed by atoms with Gasteiger partial charge < -0.3 is 10.4 Å². The largest absolute Gasteiger partial charge is 0.481 e. The van der Waals surface area contributed by atoms with Gasteiger partial charge in [0.15, 0.2) is 0 Å². The van der Waals surface area contributed by atoms with Gasteiger partial charge >= 0.3 is 12.1 Å². The summed E-state index contributed by atoms with van der Waals surface area (Å²) < 4.78 is 38.6. The minimum absolute atomic E-state index is 0.0624. The first kappa shape index (κ1) is 16.8. The van der Waals surface area contributed by atoms with E-state index in [2.05, 4.69) is 5.32 Å². The van der Waals surface area contributed by atoms with Gasteiger partial charge in [-0.2, -0.15) is 13.2 Å². The average molecular weight is 360 g/mol. The lowest BCUT2D eigenvalue weighted by atomic mass is 9.82. The van der Waals surface area contributed by atoms with Crippen LogP contribution in [0, 0.1) is 23.7 Å². The molecule has 0 radical (unpaired) electrons. The van der Waals surface area contributed by atoms with E-state index in [9.17, 15) is 27.9 Å². The standard InChI is InChI=1S/C16H13ClF3NO3/c17-11-4-3-9(6-10(11)16(18,19)20)21-14(22)12-7-1-2-8(5-7)13(12)15(23)24/h1-4,6-8,12-13H,5H2,(H,21,22)(H,23,24)/t7-,8-,12+,13+/m0/s1. The van der Waals surface area contributed by atoms with Crippen LogP contribution in [0.1, 0.15) is 12.0 Å². The minimum atomic E-state index is -4.64. The number of hydrogen-bond donors (Lipinski definition) is 2. The van der Waals surface area contributed by atoms with Crippen molar-refractivity contribution in [2.24, 2.45) is 23.7 Å². The van der Waals surface area contributed by atoms with Crippen molar-refractivity contribution >= 4 is 29.2 Å². The maximum atomic E-state index is 12.9. The monoisotopic (exact) mass is 359 g/mol. The zero-order valence-corrected chi connectivity index (χ0v) is 12.9. The fraction of sp³-hybridized carbons (Fsp3) is 0.375. The van der Waals surface area contributed by atoms with E-state index in [0.29, 0.717) is 6.42 Å². The molecule has 2 N–H and O–H groups in total. The number of nitrogens with one attached hydrogen (secondary N) is 1. The molecule has 0 unspecified atom stereocenters. The number of allylic oxidation sites excluding steroid dienone is 2. The molecule has 2 aliphatic rings. The fourth-order valence-corrected chi connectivity index (χ4v) is 3.79. The second-order valence-electron chi connectivity index (χ2n) is 6.02. The van der Waals surface area contributed by atoms with Crippen molar-refractivity contribution in [1.82, 2.24) is 0 Å². The van der Waals surface area contributed by atoms with Crippen molar-refractivity contribution in [3.05, 3.63) is 40.9 Å². The molecule has 0 aromatic heterocycles. The molecule has 1 amide bonds. The Hall–Kier alpha value is -2.02. The van der Waals surface area contributed by atoms with Gasteiger partial charge in [-0.3, -0.25) is 9.59 Å². The number of carboxylic acids is 1. The second-order valence-corrected chi connectivity index (χ2v) is 6.43. The van der Waals surface area contributed by atoms with Crippen LogP contribution in [0.2, 0.25) is 5.02 Å². The van der Waals surface area contributed by atoms with E-state index in [4.69, 9.17) is 11.6 Å². The van der Waals surface area contributed by atoms with E-state index >= 15 is 0 Å². The number of alkyl halides is 3. The Kier molecular flexibility index (Phi) is 4.07. The molecule has 0 saturated heterocycles. The number of carbonyl (C=O) groups is 2. The molecule has 4 atom stereocenters. The number of halogens is 4. The van der Waals surface area contributed by atoms with E-state index in [0.717, 1.165) is 12.1 Å². The fourth-order valence-electron chi connectivity index (χ4n) is 3.56. The van der Waals surface area contributed by atoms with Crippen LogP contribution < -0.4 is 5.32 Å². The Balaban J connectivity index is 1.83. The highest BCUT2D eigenvalue weighted by Crippen LogP contribution is 2.48. The summed E-state index contributed by atoms with van der Waals surface area (Å²) in [5.74, 6) is -3.71. The van der Waals surface area contributed by atoms with Crippen LogP contribution in [0.3, 0.4) is 0 Å². The highest BCUT2D eigenvalue weighted by atomic mass is 35.5. The van der Waals surface area contributed by atoms with Crippen LogP contribution >= 0.6 is 11.6 Å². The maximum Gasteiger partial charge on any atom is 0.417 e. The lowest BCUT2D eigenvalue weighted by Crippen LogP contribution is -2.36. The highest BCUT2D eigenvalue weighted by molar-refractivity contribution is 6.31. The van der Waals surface area contributed by atoms with E-state index in [1.165, 1.54) is 6.07 Å². The zero-order valence-electron chi connectivity index (χ0n) is 12.2. The Labute approximate surface area is 140 Å². The summed E-state index contributed by atoms with van der Waals surface area (Å²) >= 11 is 5.54. The molecular weight excluding hydrogens is 347 g/mol. The predicted molar refractivity (Wildman–Crippen MR) is 80.4 cm³/mol. The molecule has 2 aliphatic carbocycles. The van der Waals surface area contributed by atoms with Crippen molar-refractivity contribution < 1.29 is 27.9 Å². The molecule has 24 heavy (non-hydrogen) atoms. The molecule has 4 nitrogen and oxygen atoms in total. The van der Waals surface area contributed by atoms with E-state index in [1.807, 2.05) is 0 Å². The summed E-state index contributed by atoms with van der Waals surface area (Å²) in [7, 11) is 0. The first-order valence-corrected chi connectivity index (χ1v) is 7.65. The average Bonchev–Trinajstić information content (AvgIpc) is 3.08. The first-order valence-electron chi connectivity index (χ1n) is 7.27. The zero-order chi connectivity index (χ0) is 17.6. The van der Waals surface area contributed by atoms with E-state index in [1.54, 1.807) is 12.2 Å². The van der Waals surface area contributed by atoms with Crippen molar-refractivity contribution in [3.8, 4) is 0 Å². The van der Waals surface area contributed by atoms with E-state index in [-0.39, 0.29) is 17.5 Å². The Morgan fingerprint density at radius 2 is 1.79 bits per heavy atom. The summed E-state index contributed by atoms with van der Waals surface area (Å²) in [4.78, 5) is 23.9. The lowest BCUT2D eigenvalue weighted by Gasteiger charge is -2.24. The number of fused-ring (bicyclic) bond motifs is 2. The van der Waals surface area contributed by atoms with Crippen LogP contribution in [0.4, 0.5) is 18.9 Å². The third-order valence-corrected chi connectivity index (χ3v) is 4.92. The van der Waals surface area contributed by atoms with Crippen molar-refractivity contribution in [2.45, 2.75) is 12.6 Å². The van der Waals surface area contributed by atoms with Gasteiger partial charge in [-0.25, -0.2) is 0 Å². The molecule has 0 spiro atoms. The Morgan fingerprint density at radius 1 is 1.17 bits per heavy atom. The normalized spacial score (nSPS) is 28.2.